The Bertz CT molecular complexity index is 1410. The zero-order valence-electron chi connectivity index (χ0n) is 18.6. The first-order chi connectivity index (χ1) is 16.4. The minimum Gasteiger partial charge on any atom is -0.497 e. The number of halogens is 1. The highest BCUT2D eigenvalue weighted by Crippen LogP contribution is 2.29. The molecule has 0 aliphatic heterocycles. The molecule has 0 spiro atoms. The zero-order chi connectivity index (χ0) is 24.2. The zero-order valence-corrected chi connectivity index (χ0v) is 19.4. The van der Waals surface area contributed by atoms with E-state index < -0.39 is 11.2 Å². The maximum Gasteiger partial charge on any atom is 0.317 e. The molecule has 0 amide bonds. The van der Waals surface area contributed by atoms with Gasteiger partial charge < -0.3 is 9.84 Å². The Morgan fingerprint density at radius 1 is 1.12 bits per heavy atom. The maximum atomic E-state index is 13.5. The van der Waals surface area contributed by atoms with Crippen molar-refractivity contribution in [3.63, 3.8) is 0 Å². The van der Waals surface area contributed by atoms with Crippen molar-refractivity contribution in [3.05, 3.63) is 82.4 Å². The molecule has 1 N–H and O–H groups in total. The molecule has 1 aromatic heterocycles. The number of aryl methyl sites for hydroxylation is 2. The molecule has 0 bridgehead atoms. The van der Waals surface area contributed by atoms with Gasteiger partial charge in [0.1, 0.15) is 22.3 Å². The van der Waals surface area contributed by atoms with Crippen LogP contribution in [0.25, 0.3) is 22.0 Å². The van der Waals surface area contributed by atoms with E-state index in [2.05, 4.69) is 10.3 Å². The summed E-state index contributed by atoms with van der Waals surface area (Å²) in [4.78, 5) is 25.4. The van der Waals surface area contributed by atoms with E-state index in [1.807, 2.05) is 24.3 Å². The van der Waals surface area contributed by atoms with Gasteiger partial charge in [-0.2, -0.15) is 0 Å². The van der Waals surface area contributed by atoms with Gasteiger partial charge in [0.15, 0.2) is 0 Å². The molecule has 34 heavy (non-hydrogen) atoms. The smallest absolute Gasteiger partial charge is 0.317 e. The summed E-state index contributed by atoms with van der Waals surface area (Å²) in [7, 11) is 1.51. The van der Waals surface area contributed by atoms with E-state index in [0.717, 1.165) is 16.0 Å². The number of aromatic nitrogens is 3. The summed E-state index contributed by atoms with van der Waals surface area (Å²) in [6.07, 6.45) is 0.184. The van der Waals surface area contributed by atoms with Gasteiger partial charge in [-0.3, -0.25) is 9.59 Å². The molecule has 7 nitrogen and oxygen atoms in total. The van der Waals surface area contributed by atoms with Gasteiger partial charge in [-0.15, -0.1) is 16.9 Å². The third-order valence-corrected chi connectivity index (χ3v) is 6.70. The van der Waals surface area contributed by atoms with Gasteiger partial charge in [0.25, 0.3) is 5.56 Å². The fraction of sp³-hybridized carbons (Fsp3) is 0.200. The molecule has 0 saturated carbocycles. The molecule has 0 aliphatic carbocycles. The molecule has 0 radical (unpaired) electrons. The fourth-order valence-corrected chi connectivity index (χ4v) is 4.46. The molecular formula is C25H22FN3O4S. The number of fused-ring (bicyclic) bond motifs is 1. The summed E-state index contributed by atoms with van der Waals surface area (Å²) in [6.45, 7) is 1.82. The molecule has 3 aromatic carbocycles. The number of methoxy groups -OCH3 is 1. The van der Waals surface area contributed by atoms with E-state index >= 15 is 0 Å². The summed E-state index contributed by atoms with van der Waals surface area (Å²) in [5, 5.41) is 17.3. The van der Waals surface area contributed by atoms with Crippen molar-refractivity contribution < 1.29 is 19.0 Å². The molecule has 9 heteroatoms. The quantitative estimate of drug-likeness (QED) is 0.371. The topological polar surface area (TPSA) is 94.3 Å². The molecule has 0 aliphatic rings. The van der Waals surface area contributed by atoms with Gasteiger partial charge in [-0.1, -0.05) is 23.4 Å². The summed E-state index contributed by atoms with van der Waals surface area (Å²) >= 11 is 1.20. The van der Waals surface area contributed by atoms with Crippen molar-refractivity contribution in [3.8, 4) is 16.9 Å². The number of hydrogen-bond acceptors (Lipinski definition) is 6. The summed E-state index contributed by atoms with van der Waals surface area (Å²) in [6, 6.07) is 17.3. The second-order valence-corrected chi connectivity index (χ2v) is 9.00. The minimum atomic E-state index is -0.980. The molecule has 174 valence electrons. The molecule has 1 atom stereocenters. The highest BCUT2D eigenvalue weighted by molar-refractivity contribution is 8.00. The fourth-order valence-electron chi connectivity index (χ4n) is 3.52. The van der Waals surface area contributed by atoms with Crippen LogP contribution in [0.15, 0.2) is 70.4 Å². The van der Waals surface area contributed by atoms with E-state index in [1.54, 1.807) is 37.3 Å². The van der Waals surface area contributed by atoms with Crippen LogP contribution < -0.4 is 10.3 Å². The summed E-state index contributed by atoms with van der Waals surface area (Å²) in [5.74, 6) is -0.705. The van der Waals surface area contributed by atoms with Crippen LogP contribution in [0, 0.1) is 12.7 Å². The number of aliphatic carboxylic acids is 1. The normalized spacial score (nSPS) is 12.0. The predicted molar refractivity (Wildman–Crippen MR) is 129 cm³/mol. The monoisotopic (exact) mass is 479 g/mol. The van der Waals surface area contributed by atoms with Crippen LogP contribution in [0.3, 0.4) is 0 Å². The average Bonchev–Trinajstić information content (AvgIpc) is 2.84. The molecular weight excluding hydrogens is 457 g/mol. The lowest BCUT2D eigenvalue weighted by Crippen LogP contribution is -2.27. The summed E-state index contributed by atoms with van der Waals surface area (Å²) in [5.41, 5.74) is 2.45. The number of nitrogens with zero attached hydrogens (tertiary/aromatic N) is 3. The SMILES string of the molecule is COc1ccc2nnn(CCC(Sc3ccc(-c4ccc(F)c(C)c4)cc3)C(=O)O)c(=O)c2c1. The van der Waals surface area contributed by atoms with Crippen LogP contribution in [0.4, 0.5) is 4.39 Å². The van der Waals surface area contributed by atoms with Crippen molar-refractivity contribution in [2.75, 3.05) is 7.11 Å². The standard InChI is InChI=1S/C25H22FN3O4S/c1-15-13-17(5-9-21(15)26)16-3-7-19(8-4-16)34-23(25(31)32)11-12-29-24(30)20-14-18(33-2)6-10-22(20)27-28-29/h3-10,13-14,23H,11-12H2,1-2H3,(H,31,32). The Labute approximate surface area is 199 Å². The maximum absolute atomic E-state index is 13.5. The van der Waals surface area contributed by atoms with Crippen molar-refractivity contribution >= 4 is 28.6 Å². The van der Waals surface area contributed by atoms with Crippen molar-refractivity contribution in [2.24, 2.45) is 0 Å². The number of carboxylic acids is 1. The predicted octanol–water partition coefficient (Wildman–Crippen LogP) is 4.55. The van der Waals surface area contributed by atoms with E-state index in [1.165, 1.54) is 29.6 Å². The highest BCUT2D eigenvalue weighted by atomic mass is 32.2. The molecule has 0 fully saturated rings. The lowest BCUT2D eigenvalue weighted by molar-refractivity contribution is -0.136. The first-order valence-electron chi connectivity index (χ1n) is 10.5. The Morgan fingerprint density at radius 2 is 1.85 bits per heavy atom. The van der Waals surface area contributed by atoms with Crippen LogP contribution >= 0.6 is 11.8 Å². The van der Waals surface area contributed by atoms with E-state index in [-0.39, 0.29) is 24.3 Å². The largest absolute Gasteiger partial charge is 0.497 e. The Morgan fingerprint density at radius 3 is 2.53 bits per heavy atom. The van der Waals surface area contributed by atoms with Crippen molar-refractivity contribution in [2.45, 2.75) is 30.0 Å². The average molecular weight is 480 g/mol. The van der Waals surface area contributed by atoms with Gasteiger partial charge in [-0.05, 0) is 72.5 Å². The molecule has 4 aromatic rings. The number of carbonyl (C=O) groups is 1. The van der Waals surface area contributed by atoms with Gasteiger partial charge in [-0.25, -0.2) is 9.07 Å². The Hall–Kier alpha value is -3.72. The van der Waals surface area contributed by atoms with Crippen LogP contribution in [-0.2, 0) is 11.3 Å². The van der Waals surface area contributed by atoms with Crippen LogP contribution in [0.1, 0.15) is 12.0 Å². The third-order valence-electron chi connectivity index (χ3n) is 5.43. The molecule has 1 unspecified atom stereocenters. The van der Waals surface area contributed by atoms with Crippen LogP contribution in [0.2, 0.25) is 0 Å². The van der Waals surface area contributed by atoms with E-state index in [4.69, 9.17) is 4.74 Å². The van der Waals surface area contributed by atoms with Crippen molar-refractivity contribution in [1.29, 1.82) is 0 Å². The Balaban J connectivity index is 1.48. The van der Waals surface area contributed by atoms with Gasteiger partial charge in [0.2, 0.25) is 0 Å². The number of ether oxygens (including phenoxy) is 1. The minimum absolute atomic E-state index is 0.107. The van der Waals surface area contributed by atoms with Gasteiger partial charge >= 0.3 is 5.97 Å². The van der Waals surface area contributed by atoms with E-state index in [0.29, 0.717) is 22.2 Å². The molecule has 0 saturated heterocycles. The number of hydrogen-bond donors (Lipinski definition) is 1. The summed E-state index contributed by atoms with van der Waals surface area (Å²) < 4.78 is 19.9. The first kappa shape index (κ1) is 23.4. The number of thioether (sulfide) groups is 1. The first-order valence-corrected chi connectivity index (χ1v) is 11.4. The third kappa shape index (κ3) is 5.09. The van der Waals surface area contributed by atoms with Gasteiger partial charge in [0, 0.05) is 11.4 Å². The number of benzene rings is 3. The van der Waals surface area contributed by atoms with Crippen molar-refractivity contribution in [1.82, 2.24) is 15.0 Å². The number of rotatable bonds is 8. The van der Waals surface area contributed by atoms with Gasteiger partial charge in [0.05, 0.1) is 12.5 Å². The Kier molecular flexibility index (Phi) is 6.93. The number of carboxylic acid groups (broad SMARTS) is 1. The highest BCUT2D eigenvalue weighted by Gasteiger charge is 2.20. The lowest BCUT2D eigenvalue weighted by atomic mass is 10.0. The van der Waals surface area contributed by atoms with E-state index in [9.17, 15) is 19.1 Å². The second kappa shape index (κ2) is 10.0. The molecule has 1 heterocycles. The second-order valence-electron chi connectivity index (χ2n) is 7.72. The van der Waals surface area contributed by atoms with Crippen LogP contribution in [-0.4, -0.2) is 38.4 Å². The van der Waals surface area contributed by atoms with Crippen LogP contribution in [0.5, 0.6) is 5.75 Å². The lowest BCUT2D eigenvalue weighted by Gasteiger charge is -2.13. The molecule has 4 rings (SSSR count).